The Hall–Kier alpha value is -2.13. The maximum absolute atomic E-state index is 13.1. The van der Waals surface area contributed by atoms with E-state index in [1.165, 1.54) is 7.11 Å². The fourth-order valence-electron chi connectivity index (χ4n) is 3.26. The van der Waals surface area contributed by atoms with Gasteiger partial charge in [-0.25, -0.2) is 13.2 Å². The van der Waals surface area contributed by atoms with E-state index in [4.69, 9.17) is 14.6 Å². The molecule has 1 aromatic rings. The summed E-state index contributed by atoms with van der Waals surface area (Å²) in [5.74, 6) is -0.887. The SMILES string of the molecule is COCCN(C(=O)c1cc(C)c(OCC(=O)O)c(C)c1)C1CCS(=O)(=O)C1. The van der Waals surface area contributed by atoms with Crippen LogP contribution in [0.1, 0.15) is 27.9 Å². The molecule has 1 aliphatic rings. The van der Waals surface area contributed by atoms with Gasteiger partial charge in [0.25, 0.3) is 5.91 Å². The van der Waals surface area contributed by atoms with Crippen molar-refractivity contribution in [1.29, 1.82) is 0 Å². The van der Waals surface area contributed by atoms with Crippen LogP contribution in [0.4, 0.5) is 0 Å². The number of carboxylic acids is 1. The molecule has 1 aliphatic heterocycles. The number of carbonyl (C=O) groups is 2. The Morgan fingerprint density at radius 1 is 1.26 bits per heavy atom. The molecule has 0 bridgehead atoms. The van der Waals surface area contributed by atoms with Crippen molar-refractivity contribution < 1.29 is 32.6 Å². The highest BCUT2D eigenvalue weighted by atomic mass is 32.2. The van der Waals surface area contributed by atoms with Crippen LogP contribution in [0.2, 0.25) is 0 Å². The lowest BCUT2D eigenvalue weighted by Gasteiger charge is -2.28. The van der Waals surface area contributed by atoms with Gasteiger partial charge < -0.3 is 19.5 Å². The third-order valence-corrected chi connectivity index (χ3v) is 6.24. The van der Waals surface area contributed by atoms with E-state index in [0.29, 0.717) is 42.0 Å². The quantitative estimate of drug-likeness (QED) is 0.695. The molecule has 2 rings (SSSR count). The molecule has 1 N–H and O–H groups in total. The lowest BCUT2D eigenvalue weighted by atomic mass is 10.0. The van der Waals surface area contributed by atoms with Crippen LogP contribution in [0.15, 0.2) is 12.1 Å². The number of hydrogen-bond acceptors (Lipinski definition) is 6. The first-order chi connectivity index (χ1) is 12.6. The summed E-state index contributed by atoms with van der Waals surface area (Å²) in [6.45, 7) is 3.61. The molecule has 27 heavy (non-hydrogen) atoms. The molecule has 8 nitrogen and oxygen atoms in total. The summed E-state index contributed by atoms with van der Waals surface area (Å²) < 4.78 is 34.0. The van der Waals surface area contributed by atoms with Gasteiger partial charge in [0.1, 0.15) is 5.75 Å². The predicted octanol–water partition coefficient (Wildman–Crippen LogP) is 1.04. The maximum Gasteiger partial charge on any atom is 0.341 e. The normalized spacial score (nSPS) is 18.3. The van der Waals surface area contributed by atoms with Crippen molar-refractivity contribution in [2.45, 2.75) is 26.3 Å². The second kappa shape index (κ2) is 8.71. The summed E-state index contributed by atoms with van der Waals surface area (Å²) in [6.07, 6.45) is 0.412. The third-order valence-electron chi connectivity index (χ3n) is 4.49. The summed E-state index contributed by atoms with van der Waals surface area (Å²) in [5.41, 5.74) is 1.70. The van der Waals surface area contributed by atoms with Crippen molar-refractivity contribution in [1.82, 2.24) is 4.90 Å². The van der Waals surface area contributed by atoms with Crippen molar-refractivity contribution in [2.24, 2.45) is 0 Å². The van der Waals surface area contributed by atoms with Crippen LogP contribution in [0.3, 0.4) is 0 Å². The van der Waals surface area contributed by atoms with Gasteiger partial charge in [0.2, 0.25) is 0 Å². The van der Waals surface area contributed by atoms with Gasteiger partial charge in [-0.2, -0.15) is 0 Å². The van der Waals surface area contributed by atoms with Gasteiger partial charge >= 0.3 is 5.97 Å². The van der Waals surface area contributed by atoms with Gasteiger partial charge in [0, 0.05) is 25.3 Å². The molecule has 1 amide bonds. The molecule has 1 fully saturated rings. The van der Waals surface area contributed by atoms with E-state index in [1.807, 2.05) is 0 Å². The monoisotopic (exact) mass is 399 g/mol. The van der Waals surface area contributed by atoms with Gasteiger partial charge in [0.15, 0.2) is 16.4 Å². The first-order valence-corrected chi connectivity index (χ1v) is 10.4. The van der Waals surface area contributed by atoms with E-state index < -0.39 is 22.4 Å². The summed E-state index contributed by atoms with van der Waals surface area (Å²) in [5, 5.41) is 8.77. The standard InChI is InChI=1S/C18H25NO7S/c1-12-8-14(9-13(2)17(12)26-10-16(20)21)18(22)19(5-6-25-3)15-4-7-27(23,24)11-15/h8-9,15H,4-7,10-11H2,1-3H3,(H,20,21). The Morgan fingerprint density at radius 3 is 2.37 bits per heavy atom. The Kier molecular flexibility index (Phi) is 6.83. The van der Waals surface area contributed by atoms with E-state index in [2.05, 4.69) is 0 Å². The number of carboxylic acid groups (broad SMARTS) is 1. The van der Waals surface area contributed by atoms with Crippen LogP contribution < -0.4 is 4.74 Å². The predicted molar refractivity (Wildman–Crippen MR) is 99.0 cm³/mol. The first-order valence-electron chi connectivity index (χ1n) is 8.61. The molecule has 0 aliphatic carbocycles. The molecular weight excluding hydrogens is 374 g/mol. The molecule has 1 aromatic carbocycles. The molecule has 1 saturated heterocycles. The van der Waals surface area contributed by atoms with Crippen molar-refractivity contribution in [2.75, 3.05) is 38.4 Å². The van der Waals surface area contributed by atoms with Crippen LogP contribution in [0, 0.1) is 13.8 Å². The Bertz CT molecular complexity index is 796. The molecule has 1 atom stereocenters. The molecule has 9 heteroatoms. The molecular formula is C18H25NO7S. The highest BCUT2D eigenvalue weighted by molar-refractivity contribution is 7.91. The molecule has 1 heterocycles. The minimum atomic E-state index is -3.13. The lowest BCUT2D eigenvalue weighted by molar-refractivity contribution is -0.139. The van der Waals surface area contributed by atoms with Gasteiger partial charge in [-0.05, 0) is 43.5 Å². The Labute approximate surface area is 159 Å². The van der Waals surface area contributed by atoms with E-state index in [-0.39, 0.29) is 23.5 Å². The second-order valence-corrected chi connectivity index (χ2v) is 8.90. The van der Waals surface area contributed by atoms with E-state index in [1.54, 1.807) is 30.9 Å². The molecule has 0 saturated carbocycles. The summed E-state index contributed by atoms with van der Waals surface area (Å²) in [4.78, 5) is 25.3. The van der Waals surface area contributed by atoms with Crippen molar-refractivity contribution in [3.05, 3.63) is 28.8 Å². The largest absolute Gasteiger partial charge is 0.481 e. The Morgan fingerprint density at radius 2 is 1.89 bits per heavy atom. The molecule has 0 aromatic heterocycles. The molecule has 0 spiro atoms. The molecule has 1 unspecified atom stereocenters. The van der Waals surface area contributed by atoms with E-state index >= 15 is 0 Å². The third kappa shape index (κ3) is 5.43. The number of sulfone groups is 1. The molecule has 0 radical (unpaired) electrons. The average Bonchev–Trinajstić information content (AvgIpc) is 2.93. The lowest BCUT2D eigenvalue weighted by Crippen LogP contribution is -2.43. The zero-order chi connectivity index (χ0) is 20.2. The Balaban J connectivity index is 2.27. The van der Waals surface area contributed by atoms with E-state index in [0.717, 1.165) is 0 Å². The number of nitrogens with zero attached hydrogens (tertiary/aromatic N) is 1. The zero-order valence-corrected chi connectivity index (χ0v) is 16.5. The number of methoxy groups -OCH3 is 1. The number of carbonyl (C=O) groups excluding carboxylic acids is 1. The minimum Gasteiger partial charge on any atom is -0.481 e. The van der Waals surface area contributed by atoms with Gasteiger partial charge in [0.05, 0.1) is 18.1 Å². The minimum absolute atomic E-state index is 0.0414. The highest BCUT2D eigenvalue weighted by Gasteiger charge is 2.35. The maximum atomic E-state index is 13.1. The number of benzene rings is 1. The number of amides is 1. The number of aryl methyl sites for hydroxylation is 2. The second-order valence-electron chi connectivity index (χ2n) is 6.67. The summed E-state index contributed by atoms with van der Waals surface area (Å²) in [7, 11) is -1.61. The van der Waals surface area contributed by atoms with Crippen LogP contribution >= 0.6 is 0 Å². The summed E-state index contributed by atoms with van der Waals surface area (Å²) in [6, 6.07) is 2.90. The number of ether oxygens (including phenoxy) is 2. The highest BCUT2D eigenvalue weighted by Crippen LogP contribution is 2.27. The van der Waals surface area contributed by atoms with Crippen LogP contribution in [0.5, 0.6) is 5.75 Å². The van der Waals surface area contributed by atoms with Crippen LogP contribution in [-0.4, -0.2) is 74.7 Å². The fourth-order valence-corrected chi connectivity index (χ4v) is 4.99. The number of hydrogen-bond donors (Lipinski definition) is 1. The first kappa shape index (κ1) is 21.2. The fraction of sp³-hybridized carbons (Fsp3) is 0.556. The van der Waals surface area contributed by atoms with Gasteiger partial charge in [-0.3, -0.25) is 4.79 Å². The van der Waals surface area contributed by atoms with Gasteiger partial charge in [-0.1, -0.05) is 0 Å². The van der Waals surface area contributed by atoms with Crippen LogP contribution in [-0.2, 0) is 19.4 Å². The number of aliphatic carboxylic acids is 1. The topological polar surface area (TPSA) is 110 Å². The summed E-state index contributed by atoms with van der Waals surface area (Å²) >= 11 is 0. The zero-order valence-electron chi connectivity index (χ0n) is 15.7. The van der Waals surface area contributed by atoms with E-state index in [9.17, 15) is 18.0 Å². The smallest absolute Gasteiger partial charge is 0.341 e. The average molecular weight is 399 g/mol. The van der Waals surface area contributed by atoms with Gasteiger partial charge in [-0.15, -0.1) is 0 Å². The van der Waals surface area contributed by atoms with Crippen molar-refractivity contribution in [3.63, 3.8) is 0 Å². The molecule has 150 valence electrons. The number of rotatable bonds is 8. The van der Waals surface area contributed by atoms with Crippen LogP contribution in [0.25, 0.3) is 0 Å². The van der Waals surface area contributed by atoms with Crippen molar-refractivity contribution in [3.8, 4) is 5.75 Å². The van der Waals surface area contributed by atoms with Crippen molar-refractivity contribution >= 4 is 21.7 Å².